The summed E-state index contributed by atoms with van der Waals surface area (Å²) in [5.41, 5.74) is 0. The molecule has 2 fully saturated rings. The van der Waals surface area contributed by atoms with E-state index in [0.717, 1.165) is 12.2 Å². The molecule has 2 aliphatic heterocycles. The number of nitrogens with one attached hydrogen (secondary N) is 1. The average Bonchev–Trinajstić information content (AvgIpc) is 3.02. The van der Waals surface area contributed by atoms with Crippen LogP contribution in [0.25, 0.3) is 0 Å². The van der Waals surface area contributed by atoms with Crippen molar-refractivity contribution in [2.24, 2.45) is 0 Å². The van der Waals surface area contributed by atoms with E-state index in [0.29, 0.717) is 19.5 Å². The van der Waals surface area contributed by atoms with Crippen LogP contribution < -0.4 is 5.32 Å². The lowest BCUT2D eigenvalue weighted by atomic mass is 10.1. The van der Waals surface area contributed by atoms with Crippen molar-refractivity contribution < 1.29 is 19.4 Å². The van der Waals surface area contributed by atoms with Gasteiger partial charge in [0.15, 0.2) is 0 Å². The summed E-state index contributed by atoms with van der Waals surface area (Å²) in [7, 11) is 1.54. The van der Waals surface area contributed by atoms with Crippen molar-refractivity contribution in [3.8, 4) is 0 Å². The summed E-state index contributed by atoms with van der Waals surface area (Å²) in [6.07, 6.45) is 2.41. The van der Waals surface area contributed by atoms with E-state index in [1.165, 1.54) is 11.3 Å². The predicted molar refractivity (Wildman–Crippen MR) is 77.0 cm³/mol. The van der Waals surface area contributed by atoms with Crippen molar-refractivity contribution in [3.05, 3.63) is 0 Å². The van der Waals surface area contributed by atoms with Gasteiger partial charge in [-0.3, -0.25) is 0 Å². The first kappa shape index (κ1) is 15.4. The number of carboxylic acid groups (broad SMARTS) is 1. The molecule has 0 radical (unpaired) electrons. The molecule has 3 atom stereocenters. The molecule has 2 rings (SSSR count). The maximum atomic E-state index is 12.2. The Morgan fingerprint density at radius 1 is 1.55 bits per heavy atom. The van der Waals surface area contributed by atoms with Gasteiger partial charge in [0.1, 0.15) is 6.04 Å². The van der Waals surface area contributed by atoms with Gasteiger partial charge in [-0.05, 0) is 25.5 Å². The van der Waals surface area contributed by atoms with Gasteiger partial charge in [0.2, 0.25) is 0 Å². The summed E-state index contributed by atoms with van der Waals surface area (Å²) >= 11 is 1.87. The van der Waals surface area contributed by atoms with Gasteiger partial charge in [0.25, 0.3) is 0 Å². The normalized spacial score (nSPS) is 33.4. The number of likely N-dealkylation sites (tertiary alicyclic amines) is 1. The molecule has 0 aromatic heterocycles. The fraction of sp³-hybridized carbons (Fsp3) is 0.846. The van der Waals surface area contributed by atoms with Crippen molar-refractivity contribution in [3.63, 3.8) is 0 Å². The number of nitrogens with zero attached hydrogens (tertiary/aromatic N) is 1. The zero-order chi connectivity index (χ0) is 14.8. The largest absolute Gasteiger partial charge is 0.480 e. The quantitative estimate of drug-likeness (QED) is 0.814. The fourth-order valence-corrected chi connectivity index (χ4v) is 4.01. The van der Waals surface area contributed by atoms with Crippen LogP contribution in [0, 0.1) is 0 Å². The van der Waals surface area contributed by atoms with Crippen molar-refractivity contribution in [2.45, 2.75) is 43.1 Å². The van der Waals surface area contributed by atoms with Crippen LogP contribution in [0.2, 0.25) is 0 Å². The second-order valence-electron chi connectivity index (χ2n) is 5.66. The maximum absolute atomic E-state index is 12.2. The van der Waals surface area contributed by atoms with Gasteiger partial charge < -0.3 is 20.1 Å². The van der Waals surface area contributed by atoms with Crippen LogP contribution in [0.1, 0.15) is 26.2 Å². The molecule has 0 aromatic rings. The Balaban J connectivity index is 1.91. The van der Waals surface area contributed by atoms with E-state index in [1.807, 2.05) is 11.8 Å². The lowest BCUT2D eigenvalue weighted by molar-refractivity contribution is -0.141. The molecule has 2 heterocycles. The van der Waals surface area contributed by atoms with Gasteiger partial charge in [-0.2, -0.15) is 11.8 Å². The molecule has 2 saturated heterocycles. The van der Waals surface area contributed by atoms with Crippen LogP contribution in [-0.2, 0) is 9.53 Å². The van der Waals surface area contributed by atoms with Crippen LogP contribution in [0.15, 0.2) is 0 Å². The minimum absolute atomic E-state index is 0.0781. The minimum Gasteiger partial charge on any atom is -0.480 e. The van der Waals surface area contributed by atoms with E-state index in [4.69, 9.17) is 4.74 Å². The lowest BCUT2D eigenvalue weighted by Gasteiger charge is -2.27. The van der Waals surface area contributed by atoms with Crippen LogP contribution in [0.5, 0.6) is 0 Å². The van der Waals surface area contributed by atoms with Crippen LogP contribution in [0.4, 0.5) is 4.79 Å². The molecule has 2 aliphatic rings. The molecule has 0 saturated carbocycles. The summed E-state index contributed by atoms with van der Waals surface area (Å²) in [6, 6.07) is -1.09. The van der Waals surface area contributed by atoms with E-state index in [9.17, 15) is 14.7 Å². The summed E-state index contributed by atoms with van der Waals surface area (Å²) < 4.78 is 5.26. The Bertz CT molecular complexity index is 385. The molecule has 3 unspecified atom stereocenters. The van der Waals surface area contributed by atoms with Gasteiger partial charge in [-0.1, -0.05) is 0 Å². The average molecular weight is 302 g/mol. The number of methoxy groups -OCH3 is 1. The fourth-order valence-electron chi connectivity index (χ4n) is 2.77. The highest BCUT2D eigenvalue weighted by Crippen LogP contribution is 2.37. The van der Waals surface area contributed by atoms with E-state index < -0.39 is 12.0 Å². The molecule has 20 heavy (non-hydrogen) atoms. The number of hydrogen-bond donors (Lipinski definition) is 2. The van der Waals surface area contributed by atoms with Crippen molar-refractivity contribution in [2.75, 3.05) is 26.0 Å². The third-order valence-electron chi connectivity index (χ3n) is 4.06. The molecule has 0 spiro atoms. The molecular weight excluding hydrogens is 280 g/mol. The Kier molecular flexibility index (Phi) is 4.80. The second kappa shape index (κ2) is 6.22. The summed E-state index contributed by atoms with van der Waals surface area (Å²) in [5, 5.41) is 12.1. The number of carboxylic acids is 1. The molecule has 0 aliphatic carbocycles. The summed E-state index contributed by atoms with van der Waals surface area (Å²) in [4.78, 5) is 24.8. The number of amides is 2. The number of thioether (sulfide) groups is 1. The molecule has 6 nitrogen and oxygen atoms in total. The van der Waals surface area contributed by atoms with Gasteiger partial charge in [0, 0.05) is 31.4 Å². The van der Waals surface area contributed by atoms with Crippen molar-refractivity contribution in [1.82, 2.24) is 10.2 Å². The zero-order valence-corrected chi connectivity index (χ0v) is 12.7. The Hall–Kier alpha value is -0.950. The first-order chi connectivity index (χ1) is 9.45. The number of urea groups is 1. The number of carbonyl (C=O) groups excluding carboxylic acids is 1. The van der Waals surface area contributed by atoms with Crippen LogP contribution >= 0.6 is 11.8 Å². The predicted octanol–water partition coefficient (Wildman–Crippen LogP) is 1.16. The van der Waals surface area contributed by atoms with Crippen LogP contribution in [-0.4, -0.2) is 64.9 Å². The smallest absolute Gasteiger partial charge is 0.326 e. The maximum Gasteiger partial charge on any atom is 0.326 e. The minimum atomic E-state index is -0.971. The third kappa shape index (κ3) is 3.38. The van der Waals surface area contributed by atoms with Crippen molar-refractivity contribution in [1.29, 1.82) is 0 Å². The zero-order valence-electron chi connectivity index (χ0n) is 11.9. The van der Waals surface area contributed by atoms with Gasteiger partial charge in [-0.15, -0.1) is 0 Å². The van der Waals surface area contributed by atoms with E-state index in [1.54, 1.807) is 7.11 Å². The Morgan fingerprint density at radius 3 is 2.85 bits per heavy atom. The van der Waals surface area contributed by atoms with E-state index in [2.05, 4.69) is 12.2 Å². The number of carbonyl (C=O) groups is 2. The molecule has 7 heteroatoms. The number of ether oxygens (including phenoxy) is 1. The second-order valence-corrected chi connectivity index (χ2v) is 7.34. The SMILES string of the molecule is COC1CC(C(=O)O)N(C(=O)NCC2(C)CCCS2)C1. The topological polar surface area (TPSA) is 78.9 Å². The molecule has 114 valence electrons. The molecule has 0 bridgehead atoms. The standard InChI is InChI=1S/C13H22N2O4S/c1-13(4-3-5-20-13)8-14-12(18)15-7-9(19-2)6-10(15)11(16)17/h9-10H,3-8H2,1-2H3,(H,14,18)(H,16,17). The monoisotopic (exact) mass is 302 g/mol. The molecular formula is C13H22N2O4S. The Morgan fingerprint density at radius 2 is 2.30 bits per heavy atom. The molecule has 0 aromatic carbocycles. The van der Waals surface area contributed by atoms with Gasteiger partial charge >= 0.3 is 12.0 Å². The highest BCUT2D eigenvalue weighted by molar-refractivity contribution is 8.00. The lowest BCUT2D eigenvalue weighted by Crippen LogP contribution is -2.49. The highest BCUT2D eigenvalue weighted by Gasteiger charge is 2.40. The van der Waals surface area contributed by atoms with Crippen molar-refractivity contribution >= 4 is 23.8 Å². The van der Waals surface area contributed by atoms with Gasteiger partial charge in [-0.25, -0.2) is 9.59 Å². The molecule has 2 N–H and O–H groups in total. The first-order valence-electron chi connectivity index (χ1n) is 6.89. The molecule has 2 amide bonds. The highest BCUT2D eigenvalue weighted by atomic mass is 32.2. The van der Waals surface area contributed by atoms with Gasteiger partial charge in [0.05, 0.1) is 6.10 Å². The van der Waals surface area contributed by atoms with E-state index >= 15 is 0 Å². The Labute approximate surface area is 123 Å². The summed E-state index contributed by atoms with van der Waals surface area (Å²) in [6.45, 7) is 3.06. The number of hydrogen-bond acceptors (Lipinski definition) is 4. The third-order valence-corrected chi connectivity index (χ3v) is 5.59. The first-order valence-corrected chi connectivity index (χ1v) is 7.88. The summed E-state index contributed by atoms with van der Waals surface area (Å²) in [5.74, 6) is 0.153. The van der Waals surface area contributed by atoms with Crippen LogP contribution in [0.3, 0.4) is 0 Å². The number of aliphatic carboxylic acids is 1. The van der Waals surface area contributed by atoms with E-state index in [-0.39, 0.29) is 16.9 Å². The number of rotatable bonds is 4.